The summed E-state index contributed by atoms with van der Waals surface area (Å²) in [5.74, 6) is 0.652. The maximum Gasteiger partial charge on any atom is 0.219 e. The van der Waals surface area contributed by atoms with E-state index in [1.54, 1.807) is 6.92 Å². The average molecular weight is 343 g/mol. The Hall–Kier alpha value is -2.08. The first-order chi connectivity index (χ1) is 12.1. The largest absolute Gasteiger partial charge is 0.370 e. The lowest BCUT2D eigenvalue weighted by Crippen LogP contribution is -2.48. The van der Waals surface area contributed by atoms with Crippen molar-refractivity contribution in [1.29, 1.82) is 0 Å². The minimum absolute atomic E-state index is 0.164. The van der Waals surface area contributed by atoms with Gasteiger partial charge in [-0.3, -0.25) is 14.7 Å². The topological polar surface area (TPSA) is 74.0 Å². The molecule has 25 heavy (non-hydrogen) atoms. The first-order valence-corrected chi connectivity index (χ1v) is 9.29. The Labute approximate surface area is 150 Å². The third-order valence-electron chi connectivity index (χ3n) is 5.17. The molecule has 0 aromatic heterocycles. The van der Waals surface area contributed by atoms with Crippen LogP contribution in [0, 0.1) is 0 Å². The fourth-order valence-corrected chi connectivity index (χ4v) is 3.67. The van der Waals surface area contributed by atoms with E-state index < -0.39 is 0 Å². The van der Waals surface area contributed by atoms with Gasteiger partial charge in [-0.1, -0.05) is 12.1 Å². The van der Waals surface area contributed by atoms with Crippen LogP contribution in [0.2, 0.25) is 0 Å². The summed E-state index contributed by atoms with van der Waals surface area (Å²) in [6.07, 6.45) is 4.80. The molecule has 6 nitrogen and oxygen atoms in total. The molecule has 0 bridgehead atoms. The van der Waals surface area contributed by atoms with Crippen molar-refractivity contribution in [2.24, 2.45) is 10.7 Å². The minimum Gasteiger partial charge on any atom is -0.370 e. The Kier molecular flexibility index (Phi) is 5.91. The van der Waals surface area contributed by atoms with Gasteiger partial charge in [0.2, 0.25) is 5.91 Å². The summed E-state index contributed by atoms with van der Waals surface area (Å²) >= 11 is 0. The first-order valence-electron chi connectivity index (χ1n) is 9.29. The molecular weight excluding hydrogens is 314 g/mol. The van der Waals surface area contributed by atoms with E-state index in [9.17, 15) is 4.79 Å². The van der Waals surface area contributed by atoms with Crippen LogP contribution in [0.5, 0.6) is 0 Å². The second-order valence-electron chi connectivity index (χ2n) is 6.89. The van der Waals surface area contributed by atoms with E-state index >= 15 is 0 Å². The summed E-state index contributed by atoms with van der Waals surface area (Å²) in [6, 6.07) is 6.40. The van der Waals surface area contributed by atoms with Crippen LogP contribution in [0.1, 0.15) is 30.9 Å². The SMILES string of the molecule is CC(=O)N1CCN(CCN=C(N)Nc2cccc3c2CCCC3)CC1. The molecule has 3 N–H and O–H groups in total. The van der Waals surface area contributed by atoms with Crippen LogP contribution < -0.4 is 11.1 Å². The van der Waals surface area contributed by atoms with Crippen molar-refractivity contribution in [3.63, 3.8) is 0 Å². The number of fused-ring (bicyclic) bond motifs is 1. The Morgan fingerprint density at radius 1 is 1.20 bits per heavy atom. The highest BCUT2D eigenvalue weighted by molar-refractivity contribution is 5.93. The van der Waals surface area contributed by atoms with Gasteiger partial charge in [0.05, 0.1) is 6.54 Å². The highest BCUT2D eigenvalue weighted by Gasteiger charge is 2.18. The van der Waals surface area contributed by atoms with Gasteiger partial charge in [-0.25, -0.2) is 0 Å². The number of hydrogen-bond donors (Lipinski definition) is 2. The Bertz CT molecular complexity index is 635. The van der Waals surface area contributed by atoms with Gasteiger partial charge in [0.1, 0.15) is 0 Å². The highest BCUT2D eigenvalue weighted by atomic mass is 16.2. The van der Waals surface area contributed by atoms with Crippen molar-refractivity contribution in [3.05, 3.63) is 29.3 Å². The summed E-state index contributed by atoms with van der Waals surface area (Å²) in [5, 5.41) is 3.29. The van der Waals surface area contributed by atoms with E-state index in [2.05, 4.69) is 33.4 Å². The number of aryl methyl sites for hydroxylation is 1. The van der Waals surface area contributed by atoms with Crippen molar-refractivity contribution >= 4 is 17.6 Å². The van der Waals surface area contributed by atoms with E-state index in [1.165, 1.54) is 24.0 Å². The van der Waals surface area contributed by atoms with Gasteiger partial charge in [0.25, 0.3) is 0 Å². The molecule has 0 atom stereocenters. The predicted molar refractivity (Wildman–Crippen MR) is 102 cm³/mol. The lowest BCUT2D eigenvalue weighted by molar-refractivity contribution is -0.130. The molecule has 1 saturated heterocycles. The van der Waals surface area contributed by atoms with Gasteiger partial charge in [-0.05, 0) is 42.9 Å². The lowest BCUT2D eigenvalue weighted by Gasteiger charge is -2.33. The molecule has 1 amide bonds. The summed E-state index contributed by atoms with van der Waals surface area (Å²) < 4.78 is 0. The van der Waals surface area contributed by atoms with Crippen LogP contribution >= 0.6 is 0 Å². The molecule has 1 fully saturated rings. The summed E-state index contributed by atoms with van der Waals surface area (Å²) in [6.45, 7) is 6.62. The molecule has 1 aliphatic carbocycles. The van der Waals surface area contributed by atoms with Gasteiger partial charge in [-0.15, -0.1) is 0 Å². The van der Waals surface area contributed by atoms with Gasteiger partial charge < -0.3 is 16.0 Å². The lowest BCUT2D eigenvalue weighted by atomic mass is 9.90. The van der Waals surface area contributed by atoms with Gasteiger partial charge in [0, 0.05) is 45.3 Å². The normalized spacial score (nSPS) is 18.8. The molecule has 6 heteroatoms. The third kappa shape index (κ3) is 4.72. The second-order valence-corrected chi connectivity index (χ2v) is 6.89. The number of piperazine rings is 1. The van der Waals surface area contributed by atoms with E-state index in [0.29, 0.717) is 12.5 Å². The average Bonchev–Trinajstić information content (AvgIpc) is 2.62. The van der Waals surface area contributed by atoms with Crippen molar-refractivity contribution in [2.45, 2.75) is 32.6 Å². The molecular formula is C19H29N5O. The molecule has 0 saturated carbocycles. The first kappa shape index (κ1) is 17.7. The number of carbonyl (C=O) groups excluding carboxylic acids is 1. The second kappa shape index (κ2) is 8.34. The van der Waals surface area contributed by atoms with Crippen molar-refractivity contribution < 1.29 is 4.79 Å². The Morgan fingerprint density at radius 3 is 2.72 bits per heavy atom. The number of carbonyl (C=O) groups is 1. The smallest absolute Gasteiger partial charge is 0.219 e. The fourth-order valence-electron chi connectivity index (χ4n) is 3.67. The van der Waals surface area contributed by atoms with Crippen molar-refractivity contribution in [1.82, 2.24) is 9.80 Å². The van der Waals surface area contributed by atoms with Crippen LogP contribution in [0.3, 0.4) is 0 Å². The van der Waals surface area contributed by atoms with E-state index in [-0.39, 0.29) is 5.91 Å². The molecule has 0 unspecified atom stereocenters. The van der Waals surface area contributed by atoms with Crippen molar-refractivity contribution in [2.75, 3.05) is 44.6 Å². The van der Waals surface area contributed by atoms with Crippen LogP contribution in [0.15, 0.2) is 23.2 Å². The maximum atomic E-state index is 11.3. The number of hydrogen-bond acceptors (Lipinski definition) is 3. The molecule has 0 radical (unpaired) electrons. The zero-order valence-electron chi connectivity index (χ0n) is 15.1. The quantitative estimate of drug-likeness (QED) is 0.641. The molecule has 3 rings (SSSR count). The van der Waals surface area contributed by atoms with Gasteiger partial charge >= 0.3 is 0 Å². The number of guanidine groups is 1. The van der Waals surface area contributed by atoms with Crippen LogP contribution in [-0.4, -0.2) is 60.9 Å². The molecule has 1 heterocycles. The zero-order chi connectivity index (χ0) is 17.6. The fraction of sp³-hybridized carbons (Fsp3) is 0.579. The monoisotopic (exact) mass is 343 g/mol. The molecule has 1 aromatic carbocycles. The van der Waals surface area contributed by atoms with Crippen molar-refractivity contribution in [3.8, 4) is 0 Å². The number of aliphatic imine (C=N–C) groups is 1. The number of nitrogens with zero attached hydrogens (tertiary/aromatic N) is 3. The number of amides is 1. The van der Waals surface area contributed by atoms with E-state index in [4.69, 9.17) is 5.73 Å². The molecule has 1 aromatic rings. The predicted octanol–water partition coefficient (Wildman–Crippen LogP) is 1.46. The van der Waals surface area contributed by atoms with Gasteiger partial charge in [-0.2, -0.15) is 0 Å². The van der Waals surface area contributed by atoms with Crippen LogP contribution in [-0.2, 0) is 17.6 Å². The number of rotatable bonds is 4. The third-order valence-corrected chi connectivity index (χ3v) is 5.17. The Morgan fingerprint density at radius 2 is 1.96 bits per heavy atom. The number of anilines is 1. The zero-order valence-corrected chi connectivity index (χ0v) is 15.1. The molecule has 2 aliphatic rings. The standard InChI is InChI=1S/C19H29N5O/c1-15(25)24-13-11-23(12-14-24)10-9-21-19(20)22-18-8-4-6-16-5-2-3-7-17(16)18/h4,6,8H,2-3,5,7,9-14H2,1H3,(H3,20,21,22). The van der Waals surface area contributed by atoms with E-state index in [1.807, 2.05) is 4.90 Å². The number of nitrogens with two attached hydrogens (primary N) is 1. The maximum absolute atomic E-state index is 11.3. The summed E-state index contributed by atoms with van der Waals surface area (Å²) in [7, 11) is 0. The number of nitrogens with one attached hydrogen (secondary N) is 1. The molecule has 0 spiro atoms. The Balaban J connectivity index is 1.48. The highest BCUT2D eigenvalue weighted by Crippen LogP contribution is 2.27. The molecule has 1 aliphatic heterocycles. The summed E-state index contributed by atoms with van der Waals surface area (Å²) in [5.41, 5.74) is 10.0. The van der Waals surface area contributed by atoms with Crippen LogP contribution in [0.25, 0.3) is 0 Å². The van der Waals surface area contributed by atoms with Crippen LogP contribution in [0.4, 0.5) is 5.69 Å². The van der Waals surface area contributed by atoms with E-state index in [0.717, 1.165) is 51.3 Å². The van der Waals surface area contributed by atoms with Gasteiger partial charge in [0.15, 0.2) is 5.96 Å². The number of benzene rings is 1. The summed E-state index contributed by atoms with van der Waals surface area (Å²) in [4.78, 5) is 20.1. The minimum atomic E-state index is 0.164. The molecule has 136 valence electrons.